The molecule has 1 aliphatic rings. The molecule has 5 atom stereocenters. The van der Waals surface area contributed by atoms with Crippen molar-refractivity contribution in [3.8, 4) is 5.88 Å². The van der Waals surface area contributed by atoms with E-state index in [2.05, 4.69) is 20.8 Å². The van der Waals surface area contributed by atoms with E-state index in [1.54, 1.807) is 0 Å². The summed E-state index contributed by atoms with van der Waals surface area (Å²) in [6, 6.07) is 7.97. The summed E-state index contributed by atoms with van der Waals surface area (Å²) in [7, 11) is 0. The zero-order valence-electron chi connectivity index (χ0n) is 21.6. The second-order valence-corrected chi connectivity index (χ2v) is 9.62. The van der Waals surface area contributed by atoms with Crippen LogP contribution in [-0.4, -0.2) is 82.0 Å². The molecule has 1 aliphatic heterocycles. The fourth-order valence-electron chi connectivity index (χ4n) is 4.18. The number of H-pyrrole nitrogens is 1. The molecule has 2 heterocycles. The Morgan fingerprint density at radius 3 is 2.49 bits per heavy atom. The first kappa shape index (κ1) is 28.8. The summed E-state index contributed by atoms with van der Waals surface area (Å²) < 4.78 is 25.3. The van der Waals surface area contributed by atoms with Crippen molar-refractivity contribution in [2.24, 2.45) is 0 Å². The highest BCUT2D eigenvalue weighted by molar-refractivity contribution is 5.73. The molecule has 6 N–H and O–H groups in total. The van der Waals surface area contributed by atoms with Gasteiger partial charge in [0.1, 0.15) is 18.3 Å². The number of aliphatic hydroxyl groups is 3. The van der Waals surface area contributed by atoms with Crippen molar-refractivity contribution >= 4 is 6.03 Å². The molecule has 1 aromatic carbocycles. The average molecular weight is 523 g/mol. The number of hydrogen-bond donors (Lipinski definition) is 6. The monoisotopic (exact) mass is 522 g/mol. The second kappa shape index (κ2) is 13.7. The smallest absolute Gasteiger partial charge is 0.314 e. The zero-order chi connectivity index (χ0) is 26.9. The number of hydrogen-bond acceptors (Lipinski definition) is 7. The minimum absolute atomic E-state index is 0.101. The molecule has 37 heavy (non-hydrogen) atoms. The summed E-state index contributed by atoms with van der Waals surface area (Å²) in [5.74, 6) is 0.287. The molecule has 3 rings (SSSR count). The minimum Gasteiger partial charge on any atom is -0.443 e. The lowest BCUT2D eigenvalue weighted by Crippen LogP contribution is -2.58. The van der Waals surface area contributed by atoms with Crippen molar-refractivity contribution in [2.45, 2.75) is 83.1 Å². The molecular formula is C26H39FN4O6. The van der Waals surface area contributed by atoms with Crippen LogP contribution in [0, 0.1) is 0 Å². The lowest BCUT2D eigenvalue weighted by molar-refractivity contribution is -0.265. The highest BCUT2D eigenvalue weighted by atomic mass is 19.1. The van der Waals surface area contributed by atoms with Gasteiger partial charge in [0, 0.05) is 30.8 Å². The third-order valence-electron chi connectivity index (χ3n) is 6.33. The summed E-state index contributed by atoms with van der Waals surface area (Å²) in [6.45, 7) is 6.60. The van der Waals surface area contributed by atoms with Gasteiger partial charge in [-0.15, -0.1) is 5.10 Å². The van der Waals surface area contributed by atoms with E-state index in [-0.39, 0.29) is 17.8 Å². The van der Waals surface area contributed by atoms with Crippen molar-refractivity contribution in [1.29, 1.82) is 0 Å². The fraction of sp³-hybridized carbons (Fsp3) is 0.615. The molecule has 2 amide bonds. The number of benzene rings is 1. The summed E-state index contributed by atoms with van der Waals surface area (Å²) >= 11 is 0. The molecule has 1 aromatic heterocycles. The number of carbonyl (C=O) groups is 1. The number of carbonyl (C=O) groups excluding carboxylic acids is 1. The first-order valence-electron chi connectivity index (χ1n) is 12.8. The van der Waals surface area contributed by atoms with E-state index in [0.29, 0.717) is 19.5 Å². The Hall–Kier alpha value is -2.73. The molecule has 1 saturated heterocycles. The third-order valence-corrected chi connectivity index (χ3v) is 6.33. The van der Waals surface area contributed by atoms with Crippen LogP contribution in [0.1, 0.15) is 61.9 Å². The van der Waals surface area contributed by atoms with E-state index in [1.165, 1.54) is 0 Å². The highest BCUT2D eigenvalue weighted by Gasteiger charge is 2.46. The number of aliphatic hydroxyl groups excluding tert-OH is 3. The standard InChI is InChI=1S/C26H39FN4O6/c1-4-11-28-26(35)29-12-5-6-16-7-9-17(10-8-16)13-18-21(15(2)3)30-31-24(18)37-25-23(34)22(33)20(27)19(14-32)36-25/h7-10,15,19-20,22-23,25,32-34H,4-6,11-14H2,1-3H3,(H,30,31)(H2,28,29,35)/t19-,20-,22+,23-,25+/m1/s1. The number of rotatable bonds is 12. The van der Waals surface area contributed by atoms with Gasteiger partial charge in [-0.25, -0.2) is 9.18 Å². The summed E-state index contributed by atoms with van der Waals surface area (Å²) in [6.07, 6.45) is -5.00. The predicted octanol–water partition coefficient (Wildman–Crippen LogP) is 1.92. The van der Waals surface area contributed by atoms with Gasteiger partial charge in [-0.3, -0.25) is 5.10 Å². The molecular weight excluding hydrogens is 483 g/mol. The van der Waals surface area contributed by atoms with E-state index < -0.39 is 37.4 Å². The number of aryl methyl sites for hydroxylation is 1. The number of ether oxygens (including phenoxy) is 2. The lowest BCUT2D eigenvalue weighted by atomic mass is 9.98. The van der Waals surface area contributed by atoms with Crippen molar-refractivity contribution < 1.29 is 34.0 Å². The Balaban J connectivity index is 1.63. The van der Waals surface area contributed by atoms with Gasteiger partial charge >= 0.3 is 6.03 Å². The molecule has 206 valence electrons. The van der Waals surface area contributed by atoms with E-state index in [9.17, 15) is 24.5 Å². The maximum absolute atomic E-state index is 14.1. The first-order chi connectivity index (χ1) is 17.7. The van der Waals surface area contributed by atoms with Crippen molar-refractivity contribution in [3.05, 3.63) is 46.6 Å². The number of halogens is 1. The van der Waals surface area contributed by atoms with Gasteiger partial charge in [-0.2, -0.15) is 0 Å². The van der Waals surface area contributed by atoms with Gasteiger partial charge in [0.05, 0.1) is 6.61 Å². The van der Waals surface area contributed by atoms with E-state index in [4.69, 9.17) is 9.47 Å². The molecule has 2 aromatic rings. The van der Waals surface area contributed by atoms with Crippen LogP contribution in [0.4, 0.5) is 9.18 Å². The molecule has 0 saturated carbocycles. The van der Waals surface area contributed by atoms with Crippen LogP contribution in [0.5, 0.6) is 5.88 Å². The van der Waals surface area contributed by atoms with Gasteiger partial charge in [0.15, 0.2) is 6.17 Å². The third kappa shape index (κ3) is 7.64. The molecule has 0 unspecified atom stereocenters. The molecule has 1 fully saturated rings. The van der Waals surface area contributed by atoms with Crippen molar-refractivity contribution in [2.75, 3.05) is 19.7 Å². The van der Waals surface area contributed by atoms with E-state index in [1.807, 2.05) is 45.0 Å². The highest BCUT2D eigenvalue weighted by Crippen LogP contribution is 2.31. The first-order valence-corrected chi connectivity index (χ1v) is 12.8. The van der Waals surface area contributed by atoms with Crippen LogP contribution >= 0.6 is 0 Å². The summed E-state index contributed by atoms with van der Waals surface area (Å²) in [5.41, 5.74) is 3.77. The molecule has 0 radical (unpaired) electrons. The quantitative estimate of drug-likeness (QED) is 0.233. The van der Waals surface area contributed by atoms with Crippen molar-refractivity contribution in [3.63, 3.8) is 0 Å². The predicted molar refractivity (Wildman–Crippen MR) is 135 cm³/mol. The van der Waals surface area contributed by atoms with Crippen LogP contribution in [0.3, 0.4) is 0 Å². The van der Waals surface area contributed by atoms with Crippen LogP contribution in [0.2, 0.25) is 0 Å². The molecule has 0 bridgehead atoms. The number of amides is 2. The number of nitrogens with one attached hydrogen (secondary N) is 3. The average Bonchev–Trinajstić information content (AvgIpc) is 3.28. The Bertz CT molecular complexity index is 984. The number of aromatic nitrogens is 2. The Labute approximate surface area is 216 Å². The maximum Gasteiger partial charge on any atom is 0.314 e. The Morgan fingerprint density at radius 1 is 1.16 bits per heavy atom. The van der Waals surface area contributed by atoms with Gasteiger partial charge in [0.25, 0.3) is 0 Å². The van der Waals surface area contributed by atoms with Gasteiger partial charge in [0.2, 0.25) is 12.2 Å². The van der Waals surface area contributed by atoms with Crippen LogP contribution in [0.15, 0.2) is 24.3 Å². The normalized spacial score (nSPS) is 23.7. The fourth-order valence-corrected chi connectivity index (χ4v) is 4.18. The second-order valence-electron chi connectivity index (χ2n) is 9.62. The topological polar surface area (TPSA) is 149 Å². The van der Waals surface area contributed by atoms with E-state index >= 15 is 0 Å². The summed E-state index contributed by atoms with van der Waals surface area (Å²) in [4.78, 5) is 11.6. The molecule has 0 aliphatic carbocycles. The molecule has 11 heteroatoms. The molecule has 10 nitrogen and oxygen atoms in total. The van der Waals surface area contributed by atoms with Crippen LogP contribution in [-0.2, 0) is 17.6 Å². The van der Waals surface area contributed by atoms with Gasteiger partial charge in [-0.05, 0) is 36.3 Å². The largest absolute Gasteiger partial charge is 0.443 e. The maximum atomic E-state index is 14.1. The number of alkyl halides is 1. The minimum atomic E-state index is -1.93. The van der Waals surface area contributed by atoms with Gasteiger partial charge < -0.3 is 35.4 Å². The van der Waals surface area contributed by atoms with Crippen molar-refractivity contribution in [1.82, 2.24) is 20.8 Å². The van der Waals surface area contributed by atoms with E-state index in [0.717, 1.165) is 41.6 Å². The lowest BCUT2D eigenvalue weighted by Gasteiger charge is -2.38. The van der Waals surface area contributed by atoms with Gasteiger partial charge in [-0.1, -0.05) is 45.0 Å². The number of aromatic amines is 1. The molecule has 0 spiro atoms. The number of nitrogens with zero attached hydrogens (tertiary/aromatic N) is 1. The summed E-state index contributed by atoms with van der Waals surface area (Å²) in [5, 5.41) is 42.5. The van der Waals surface area contributed by atoms with Crippen LogP contribution in [0.25, 0.3) is 0 Å². The Morgan fingerprint density at radius 2 is 1.84 bits per heavy atom. The van der Waals surface area contributed by atoms with Crippen LogP contribution < -0.4 is 15.4 Å². The zero-order valence-corrected chi connectivity index (χ0v) is 21.6. The SMILES string of the molecule is CCCNC(=O)NCCCc1ccc(Cc2c(O[C@@H]3O[C@H](CO)[C@@H](F)[C@H](O)[C@H]3O)n[nH]c2C(C)C)cc1. The Kier molecular flexibility index (Phi) is 10.7. The number of urea groups is 1.